The third-order valence-corrected chi connectivity index (χ3v) is 3.95. The highest BCUT2D eigenvalue weighted by atomic mass is 16.5. The van der Waals surface area contributed by atoms with Crippen LogP contribution in [-0.4, -0.2) is 41.9 Å². The van der Waals surface area contributed by atoms with Crippen LogP contribution in [0.2, 0.25) is 0 Å². The van der Waals surface area contributed by atoms with E-state index >= 15 is 0 Å². The summed E-state index contributed by atoms with van der Waals surface area (Å²) in [5.41, 5.74) is 2.97. The third-order valence-electron chi connectivity index (χ3n) is 3.95. The van der Waals surface area contributed by atoms with Crippen molar-refractivity contribution in [3.8, 4) is 11.3 Å². The molecule has 0 saturated carbocycles. The Labute approximate surface area is 135 Å². The SMILES string of the molecule is Cc1ccc(-c2cc(CNC(=O)N3CCOC[C@H]3C)on2)cc1. The summed E-state index contributed by atoms with van der Waals surface area (Å²) in [7, 11) is 0. The zero-order valence-corrected chi connectivity index (χ0v) is 13.4. The van der Waals surface area contributed by atoms with Crippen LogP contribution >= 0.6 is 0 Å². The number of carbonyl (C=O) groups is 1. The van der Waals surface area contributed by atoms with E-state index in [0.29, 0.717) is 32.1 Å². The molecule has 1 aliphatic rings. The summed E-state index contributed by atoms with van der Waals surface area (Å²) in [4.78, 5) is 14.0. The highest BCUT2D eigenvalue weighted by molar-refractivity contribution is 5.74. The Hall–Kier alpha value is -2.34. The topological polar surface area (TPSA) is 67.6 Å². The van der Waals surface area contributed by atoms with Crippen LogP contribution in [0.4, 0.5) is 4.79 Å². The van der Waals surface area contributed by atoms with E-state index in [9.17, 15) is 4.79 Å². The molecular formula is C17H21N3O3. The number of morpholine rings is 1. The molecule has 2 aromatic rings. The van der Waals surface area contributed by atoms with Crippen molar-refractivity contribution in [1.82, 2.24) is 15.4 Å². The van der Waals surface area contributed by atoms with Crippen molar-refractivity contribution in [1.29, 1.82) is 0 Å². The lowest BCUT2D eigenvalue weighted by molar-refractivity contribution is 0.0188. The second kappa shape index (κ2) is 6.83. The number of nitrogens with zero attached hydrogens (tertiary/aromatic N) is 2. The van der Waals surface area contributed by atoms with Gasteiger partial charge in [0, 0.05) is 18.2 Å². The number of aromatic nitrogens is 1. The second-order valence-electron chi connectivity index (χ2n) is 5.82. The van der Waals surface area contributed by atoms with Crippen LogP contribution in [0.1, 0.15) is 18.2 Å². The van der Waals surface area contributed by atoms with Crippen molar-refractivity contribution < 1.29 is 14.1 Å². The number of carbonyl (C=O) groups excluding carboxylic acids is 1. The van der Waals surface area contributed by atoms with Crippen LogP contribution < -0.4 is 5.32 Å². The Morgan fingerprint density at radius 3 is 2.91 bits per heavy atom. The van der Waals surface area contributed by atoms with Crippen LogP contribution in [0.15, 0.2) is 34.9 Å². The molecule has 2 heterocycles. The van der Waals surface area contributed by atoms with Crippen LogP contribution in [0, 0.1) is 6.92 Å². The first-order valence-corrected chi connectivity index (χ1v) is 7.78. The molecule has 23 heavy (non-hydrogen) atoms. The standard InChI is InChI=1S/C17H21N3O3/c1-12-3-5-14(6-4-12)16-9-15(23-19-16)10-18-17(21)20-7-8-22-11-13(20)2/h3-6,9,13H,7-8,10-11H2,1-2H3,(H,18,21)/t13-/m1/s1. The van der Waals surface area contributed by atoms with Crippen molar-refractivity contribution in [3.05, 3.63) is 41.7 Å². The number of amides is 2. The van der Waals surface area contributed by atoms with Crippen LogP contribution in [0.3, 0.4) is 0 Å². The minimum Gasteiger partial charge on any atom is -0.377 e. The molecule has 0 unspecified atom stereocenters. The van der Waals surface area contributed by atoms with E-state index in [2.05, 4.69) is 10.5 Å². The van der Waals surface area contributed by atoms with E-state index in [1.807, 2.05) is 44.2 Å². The van der Waals surface area contributed by atoms with Crippen molar-refractivity contribution >= 4 is 6.03 Å². The van der Waals surface area contributed by atoms with E-state index in [4.69, 9.17) is 9.26 Å². The highest BCUT2D eigenvalue weighted by Gasteiger charge is 2.23. The summed E-state index contributed by atoms with van der Waals surface area (Å²) in [5.74, 6) is 0.634. The Kier molecular flexibility index (Phi) is 4.62. The number of nitrogens with one attached hydrogen (secondary N) is 1. The normalized spacial score (nSPS) is 18.0. The molecule has 0 aliphatic carbocycles. The molecule has 3 rings (SSSR count). The zero-order valence-electron chi connectivity index (χ0n) is 13.4. The van der Waals surface area contributed by atoms with Crippen molar-refractivity contribution in [2.24, 2.45) is 0 Å². The number of hydrogen-bond acceptors (Lipinski definition) is 4. The lowest BCUT2D eigenvalue weighted by Gasteiger charge is -2.33. The maximum Gasteiger partial charge on any atom is 0.318 e. The molecule has 122 valence electrons. The number of aryl methyl sites for hydroxylation is 1. The number of rotatable bonds is 3. The van der Waals surface area contributed by atoms with Gasteiger partial charge in [0.25, 0.3) is 0 Å². The molecule has 0 bridgehead atoms. The summed E-state index contributed by atoms with van der Waals surface area (Å²) in [6.07, 6.45) is 0. The molecule has 1 aromatic heterocycles. The number of benzene rings is 1. The molecule has 1 saturated heterocycles. The fourth-order valence-electron chi connectivity index (χ4n) is 2.55. The zero-order chi connectivity index (χ0) is 16.2. The second-order valence-corrected chi connectivity index (χ2v) is 5.82. The summed E-state index contributed by atoms with van der Waals surface area (Å²) < 4.78 is 10.6. The molecule has 1 atom stereocenters. The molecule has 1 fully saturated rings. The smallest absolute Gasteiger partial charge is 0.318 e. The van der Waals surface area contributed by atoms with Gasteiger partial charge < -0.3 is 19.5 Å². The molecule has 6 heteroatoms. The Balaban J connectivity index is 1.58. The number of urea groups is 1. The molecule has 2 amide bonds. The summed E-state index contributed by atoms with van der Waals surface area (Å²) >= 11 is 0. The number of hydrogen-bond donors (Lipinski definition) is 1. The highest BCUT2D eigenvalue weighted by Crippen LogP contribution is 2.19. The first kappa shape index (κ1) is 15.6. The van der Waals surface area contributed by atoms with Crippen molar-refractivity contribution in [3.63, 3.8) is 0 Å². The average molecular weight is 315 g/mol. The van der Waals surface area contributed by atoms with Gasteiger partial charge in [-0.1, -0.05) is 35.0 Å². The van der Waals surface area contributed by atoms with Crippen LogP contribution in [0.25, 0.3) is 11.3 Å². The quantitative estimate of drug-likeness (QED) is 0.945. The first-order chi connectivity index (χ1) is 11.1. The maximum atomic E-state index is 12.2. The minimum absolute atomic E-state index is 0.0848. The maximum absolute atomic E-state index is 12.2. The minimum atomic E-state index is -0.103. The van der Waals surface area contributed by atoms with Gasteiger partial charge in [-0.05, 0) is 13.8 Å². The van der Waals surface area contributed by atoms with E-state index in [1.54, 1.807) is 4.90 Å². The predicted octanol–water partition coefficient (Wildman–Crippen LogP) is 2.58. The molecule has 1 aliphatic heterocycles. The average Bonchev–Trinajstić information content (AvgIpc) is 3.03. The van der Waals surface area contributed by atoms with E-state index in [-0.39, 0.29) is 12.1 Å². The predicted molar refractivity (Wildman–Crippen MR) is 85.9 cm³/mol. The van der Waals surface area contributed by atoms with Crippen LogP contribution in [-0.2, 0) is 11.3 Å². The lowest BCUT2D eigenvalue weighted by Crippen LogP contribution is -2.51. The molecule has 0 spiro atoms. The van der Waals surface area contributed by atoms with Gasteiger partial charge >= 0.3 is 6.03 Å². The third kappa shape index (κ3) is 3.71. The summed E-state index contributed by atoms with van der Waals surface area (Å²) in [6.45, 7) is 6.10. The molecule has 0 radical (unpaired) electrons. The van der Waals surface area contributed by atoms with Crippen molar-refractivity contribution in [2.75, 3.05) is 19.8 Å². The van der Waals surface area contributed by atoms with E-state index in [0.717, 1.165) is 11.3 Å². The monoisotopic (exact) mass is 315 g/mol. The Bertz CT molecular complexity index is 666. The first-order valence-electron chi connectivity index (χ1n) is 7.78. The fraction of sp³-hybridized carbons (Fsp3) is 0.412. The van der Waals surface area contributed by atoms with Gasteiger partial charge in [-0.3, -0.25) is 0 Å². The van der Waals surface area contributed by atoms with Gasteiger partial charge in [0.05, 0.1) is 25.8 Å². The van der Waals surface area contributed by atoms with E-state index in [1.165, 1.54) is 5.56 Å². The van der Waals surface area contributed by atoms with Gasteiger partial charge in [-0.15, -0.1) is 0 Å². The Morgan fingerprint density at radius 2 is 2.17 bits per heavy atom. The molecule has 1 N–H and O–H groups in total. The molecule has 1 aromatic carbocycles. The lowest BCUT2D eigenvalue weighted by atomic mass is 10.1. The van der Waals surface area contributed by atoms with Crippen LogP contribution in [0.5, 0.6) is 0 Å². The Morgan fingerprint density at radius 1 is 1.39 bits per heavy atom. The summed E-state index contributed by atoms with van der Waals surface area (Å²) in [5, 5.41) is 6.93. The van der Waals surface area contributed by atoms with Crippen molar-refractivity contribution in [2.45, 2.75) is 26.4 Å². The van der Waals surface area contributed by atoms with Gasteiger partial charge in [0.2, 0.25) is 0 Å². The largest absolute Gasteiger partial charge is 0.377 e. The molecular weight excluding hydrogens is 294 g/mol. The van der Waals surface area contributed by atoms with Gasteiger partial charge in [-0.25, -0.2) is 4.79 Å². The number of ether oxygens (including phenoxy) is 1. The van der Waals surface area contributed by atoms with Gasteiger partial charge in [-0.2, -0.15) is 0 Å². The summed E-state index contributed by atoms with van der Waals surface area (Å²) in [6, 6.07) is 9.91. The molecule has 6 nitrogen and oxygen atoms in total. The van der Waals surface area contributed by atoms with Gasteiger partial charge in [0.1, 0.15) is 5.69 Å². The van der Waals surface area contributed by atoms with Gasteiger partial charge in [0.15, 0.2) is 5.76 Å². The fourth-order valence-corrected chi connectivity index (χ4v) is 2.55. The van der Waals surface area contributed by atoms with E-state index < -0.39 is 0 Å².